The minimum absolute atomic E-state index is 0.521. The Bertz CT molecular complexity index is 363. The molecule has 88 valence electrons. The van der Waals surface area contributed by atoms with Gasteiger partial charge in [-0.25, -0.2) is 0 Å². The summed E-state index contributed by atoms with van der Waals surface area (Å²) < 4.78 is 5.64. The molecule has 0 saturated heterocycles. The molecule has 1 unspecified atom stereocenters. The summed E-state index contributed by atoms with van der Waals surface area (Å²) in [5, 5.41) is 3.48. The Morgan fingerprint density at radius 1 is 1.50 bits per heavy atom. The quantitative estimate of drug-likeness (QED) is 0.767. The van der Waals surface area contributed by atoms with Crippen molar-refractivity contribution in [2.75, 3.05) is 18.9 Å². The minimum Gasteiger partial charge on any atom is -0.491 e. The average Bonchev–Trinajstić information content (AvgIpc) is 2.27. The predicted molar refractivity (Wildman–Crippen MR) is 66.8 cm³/mol. The number of benzene rings is 1. The molecule has 16 heavy (non-hydrogen) atoms. The fourth-order valence-electron chi connectivity index (χ4n) is 2.11. The second kappa shape index (κ2) is 4.74. The first-order valence-electron chi connectivity index (χ1n) is 5.93. The number of hydrogen-bond acceptors (Lipinski definition) is 3. The number of nitrogens with two attached hydrogens (primary N) is 1. The fraction of sp³-hybridized carbons (Fsp3) is 0.538. The van der Waals surface area contributed by atoms with Crippen LogP contribution in [0.15, 0.2) is 18.2 Å². The Morgan fingerprint density at radius 3 is 3.06 bits per heavy atom. The van der Waals surface area contributed by atoms with E-state index in [1.807, 2.05) is 12.1 Å². The third-order valence-electron chi connectivity index (χ3n) is 3.00. The molecule has 0 fully saturated rings. The zero-order valence-electron chi connectivity index (χ0n) is 9.99. The van der Waals surface area contributed by atoms with Gasteiger partial charge >= 0.3 is 0 Å². The molecular formula is C13H20N2O. The van der Waals surface area contributed by atoms with E-state index in [1.54, 1.807) is 0 Å². The predicted octanol–water partition coefficient (Wildman–Crippen LogP) is 2.13. The lowest BCUT2D eigenvalue weighted by molar-refractivity contribution is 0.265. The standard InChI is InChI=1S/C13H20N2O/c1-9(2)15-8-10-6-7-16-13-11(10)4-3-5-12(13)14/h3-5,9-10,15H,6-8,14H2,1-2H3. The Hall–Kier alpha value is -1.22. The van der Waals surface area contributed by atoms with Crippen molar-refractivity contribution >= 4 is 5.69 Å². The van der Waals surface area contributed by atoms with Crippen LogP contribution in [-0.2, 0) is 0 Å². The minimum atomic E-state index is 0.521. The highest BCUT2D eigenvalue weighted by Gasteiger charge is 2.22. The number of ether oxygens (including phenoxy) is 1. The molecule has 0 radical (unpaired) electrons. The average molecular weight is 220 g/mol. The van der Waals surface area contributed by atoms with Gasteiger partial charge in [0, 0.05) is 24.1 Å². The van der Waals surface area contributed by atoms with Crippen molar-refractivity contribution in [3.05, 3.63) is 23.8 Å². The summed E-state index contributed by atoms with van der Waals surface area (Å²) in [4.78, 5) is 0. The summed E-state index contributed by atoms with van der Waals surface area (Å²) >= 11 is 0. The number of hydrogen-bond donors (Lipinski definition) is 2. The van der Waals surface area contributed by atoms with E-state index < -0.39 is 0 Å². The van der Waals surface area contributed by atoms with Gasteiger partial charge in [-0.05, 0) is 12.5 Å². The van der Waals surface area contributed by atoms with E-state index in [0.717, 1.165) is 31.0 Å². The fourth-order valence-corrected chi connectivity index (χ4v) is 2.11. The molecule has 3 heteroatoms. The van der Waals surface area contributed by atoms with Crippen LogP contribution in [0.2, 0.25) is 0 Å². The highest BCUT2D eigenvalue weighted by molar-refractivity contribution is 5.58. The number of rotatable bonds is 3. The molecule has 1 aliphatic rings. The van der Waals surface area contributed by atoms with Crippen LogP contribution < -0.4 is 15.8 Å². The van der Waals surface area contributed by atoms with E-state index in [9.17, 15) is 0 Å². The zero-order chi connectivity index (χ0) is 11.5. The maximum atomic E-state index is 5.91. The summed E-state index contributed by atoms with van der Waals surface area (Å²) in [6.45, 7) is 6.10. The second-order valence-electron chi connectivity index (χ2n) is 4.66. The van der Waals surface area contributed by atoms with E-state index in [2.05, 4.69) is 25.2 Å². The maximum Gasteiger partial charge on any atom is 0.145 e. The van der Waals surface area contributed by atoms with Gasteiger partial charge in [-0.15, -0.1) is 0 Å². The van der Waals surface area contributed by atoms with Crippen molar-refractivity contribution in [3.63, 3.8) is 0 Å². The lowest BCUT2D eigenvalue weighted by Crippen LogP contribution is -2.30. The van der Waals surface area contributed by atoms with E-state index in [4.69, 9.17) is 10.5 Å². The summed E-state index contributed by atoms with van der Waals surface area (Å²) in [5.74, 6) is 1.42. The SMILES string of the molecule is CC(C)NCC1CCOc2c(N)cccc21. The molecule has 1 atom stereocenters. The van der Waals surface area contributed by atoms with Gasteiger partial charge in [0.1, 0.15) is 5.75 Å². The van der Waals surface area contributed by atoms with Crippen LogP contribution in [0.25, 0.3) is 0 Å². The normalized spacial score (nSPS) is 19.3. The van der Waals surface area contributed by atoms with Crippen molar-refractivity contribution < 1.29 is 4.74 Å². The van der Waals surface area contributed by atoms with Crippen LogP contribution in [0.4, 0.5) is 5.69 Å². The van der Waals surface area contributed by atoms with Gasteiger partial charge in [-0.3, -0.25) is 0 Å². The Kier molecular flexibility index (Phi) is 3.34. The monoisotopic (exact) mass is 220 g/mol. The van der Waals surface area contributed by atoms with Crippen LogP contribution in [0.5, 0.6) is 5.75 Å². The van der Waals surface area contributed by atoms with Gasteiger partial charge in [0.2, 0.25) is 0 Å². The molecule has 0 saturated carbocycles. The van der Waals surface area contributed by atoms with Crippen molar-refractivity contribution in [1.82, 2.24) is 5.32 Å². The molecule has 3 nitrogen and oxygen atoms in total. The smallest absolute Gasteiger partial charge is 0.145 e. The molecule has 0 spiro atoms. The van der Waals surface area contributed by atoms with Crippen LogP contribution in [0.3, 0.4) is 0 Å². The van der Waals surface area contributed by atoms with Crippen molar-refractivity contribution in [2.24, 2.45) is 0 Å². The number of nitrogen functional groups attached to an aromatic ring is 1. The van der Waals surface area contributed by atoms with Gasteiger partial charge < -0.3 is 15.8 Å². The lowest BCUT2D eigenvalue weighted by atomic mass is 9.92. The van der Waals surface area contributed by atoms with Gasteiger partial charge in [-0.2, -0.15) is 0 Å². The molecule has 1 aromatic carbocycles. The third kappa shape index (κ3) is 2.30. The third-order valence-corrected chi connectivity index (χ3v) is 3.00. The number of fused-ring (bicyclic) bond motifs is 1. The second-order valence-corrected chi connectivity index (χ2v) is 4.66. The molecule has 1 aliphatic heterocycles. The number of nitrogens with one attached hydrogen (secondary N) is 1. The van der Waals surface area contributed by atoms with Gasteiger partial charge in [-0.1, -0.05) is 26.0 Å². The largest absolute Gasteiger partial charge is 0.491 e. The molecule has 0 amide bonds. The number of anilines is 1. The first kappa shape index (κ1) is 11.3. The van der Waals surface area contributed by atoms with Crippen molar-refractivity contribution in [2.45, 2.75) is 32.2 Å². The molecule has 0 aliphatic carbocycles. The lowest BCUT2D eigenvalue weighted by Gasteiger charge is -2.27. The van der Waals surface area contributed by atoms with Gasteiger partial charge in [0.25, 0.3) is 0 Å². The van der Waals surface area contributed by atoms with Gasteiger partial charge in [0.15, 0.2) is 0 Å². The first-order valence-corrected chi connectivity index (χ1v) is 5.93. The van der Waals surface area contributed by atoms with E-state index in [-0.39, 0.29) is 0 Å². The Balaban J connectivity index is 2.16. The summed E-state index contributed by atoms with van der Waals surface area (Å²) in [6.07, 6.45) is 1.07. The molecule has 3 N–H and O–H groups in total. The maximum absolute atomic E-state index is 5.91. The zero-order valence-corrected chi connectivity index (χ0v) is 9.99. The molecule has 1 aromatic rings. The Morgan fingerprint density at radius 2 is 2.31 bits per heavy atom. The topological polar surface area (TPSA) is 47.3 Å². The summed E-state index contributed by atoms with van der Waals surface area (Å²) in [7, 11) is 0. The summed E-state index contributed by atoms with van der Waals surface area (Å²) in [6, 6.07) is 6.55. The van der Waals surface area contributed by atoms with Crippen molar-refractivity contribution in [1.29, 1.82) is 0 Å². The van der Waals surface area contributed by atoms with Crippen LogP contribution in [0.1, 0.15) is 31.7 Å². The molecule has 0 bridgehead atoms. The van der Waals surface area contributed by atoms with Crippen LogP contribution >= 0.6 is 0 Å². The first-order chi connectivity index (χ1) is 7.68. The molecule has 1 heterocycles. The van der Waals surface area contributed by atoms with E-state index in [1.165, 1.54) is 5.56 Å². The summed E-state index contributed by atoms with van der Waals surface area (Å²) in [5.41, 5.74) is 7.92. The number of para-hydroxylation sites is 1. The van der Waals surface area contributed by atoms with Crippen molar-refractivity contribution in [3.8, 4) is 5.75 Å². The Labute approximate surface area is 97.0 Å². The van der Waals surface area contributed by atoms with Gasteiger partial charge in [0.05, 0.1) is 12.3 Å². The molecular weight excluding hydrogens is 200 g/mol. The highest BCUT2D eigenvalue weighted by Crippen LogP contribution is 2.37. The van der Waals surface area contributed by atoms with E-state index >= 15 is 0 Å². The van der Waals surface area contributed by atoms with Crippen LogP contribution in [0, 0.1) is 0 Å². The van der Waals surface area contributed by atoms with E-state index in [0.29, 0.717) is 12.0 Å². The molecule has 2 rings (SSSR count). The van der Waals surface area contributed by atoms with Crippen LogP contribution in [-0.4, -0.2) is 19.2 Å². The highest BCUT2D eigenvalue weighted by atomic mass is 16.5. The molecule has 0 aromatic heterocycles.